The Hall–Kier alpha value is -12.6. The Balaban J connectivity index is 0.000000109. The molecule has 0 saturated heterocycles. The first kappa shape index (κ1) is 81.8. The van der Waals surface area contributed by atoms with Gasteiger partial charge < -0.3 is 4.42 Å². The zero-order valence-electron chi connectivity index (χ0n) is 75.4. The van der Waals surface area contributed by atoms with Crippen LogP contribution in [0.5, 0.6) is 0 Å². The molecule has 12 aromatic carbocycles. The number of fused-ring (bicyclic) bond motifs is 12. The van der Waals surface area contributed by atoms with Gasteiger partial charge in [0.05, 0.1) is 61.0 Å². The van der Waals surface area contributed by atoms with Crippen LogP contribution in [0.4, 0.5) is 0 Å². The van der Waals surface area contributed by atoms with E-state index in [-0.39, 0.29) is 5.41 Å². The lowest BCUT2D eigenvalue weighted by Crippen LogP contribution is -2.35. The number of aromatic nitrogens is 5. The largest absolute Gasteiger partial charge is 0.464 e. The van der Waals surface area contributed by atoms with E-state index in [9.17, 15) is 0 Å². The topological polar surface area (TPSA) is 32.5 Å². The van der Waals surface area contributed by atoms with E-state index in [0.29, 0.717) is 0 Å². The molecule has 0 amide bonds. The third kappa shape index (κ3) is 15.0. The molecule has 0 saturated carbocycles. The lowest BCUT2D eigenvalue weighted by Gasteiger charge is -2.22. The van der Waals surface area contributed by atoms with E-state index in [1.165, 1.54) is 257 Å². The molecule has 21 rings (SSSR count). The monoisotopic (exact) mass is 1610 g/mol. The van der Waals surface area contributed by atoms with Crippen molar-refractivity contribution in [2.75, 3.05) is 0 Å². The van der Waals surface area contributed by atoms with Gasteiger partial charge in [-0.15, -0.1) is 11.3 Å². The lowest BCUT2D eigenvalue weighted by molar-refractivity contribution is -0.665. The molecule has 7 heterocycles. The van der Waals surface area contributed by atoms with Crippen molar-refractivity contribution in [3.63, 3.8) is 0 Å². The SMILES string of the molecule is Cc1ccc2c(-c3cc4c(cc3C)-c3ccccc3C4(C)C)[n+](C)c(C)cc2c1.Cc1ccc2c(-c3cc4c(cc3C)CCC4)[n+](C)c(C)cc2c1.Cc1ccc2c(-c3cc4ccccc4cc3C)[n+](C)c(C)cc2c1.Cc1ccc2c(-c3cc4occc4cc3C)[n+](C)c(C)cc2c1.Cc1ccc2c(-c3cc4sccc4cc3C)[n+](C)c(C)cc2c1. The van der Waals surface area contributed by atoms with Crippen molar-refractivity contribution in [3.8, 4) is 67.4 Å². The summed E-state index contributed by atoms with van der Waals surface area (Å²) < 4.78 is 18.6. The molecule has 7 heteroatoms. The van der Waals surface area contributed by atoms with Crippen molar-refractivity contribution in [1.82, 2.24) is 0 Å². The molecular formula is C115H114N5OS+5. The standard InChI is InChI=1S/C28H28N.C23H22N.C22H24N.C21H20NO.C21H20NS/c1-17-11-12-21-20(13-17)15-19(3)29(6)27(21)23-16-26-24(14-18(23)2)22-9-7-8-10-25(22)28(26,4)5;1-15-9-10-21-20(11-15)13-17(3)24(4)23(21)22-14-19-8-6-5-7-18(19)12-16(22)2;1-14-8-9-20-19(10-14)12-16(3)23(4)22(20)21-13-18-7-5-6-17(18)11-15(21)2;2*1-13-5-6-18-17(9-13)11-15(3)22(4)21(18)19-12-20-16(7-8-23-20)10-14(19)2/h7-16H,1-6H3;5-14H,1-4H3;8-13H,5-7H2,1-4H3;2*5-12H,1-4H3/q5*+1. The second-order valence-electron chi connectivity index (χ2n) is 35.9. The fraction of sp³-hybridized carbons (Fsp3) is 0.226. The summed E-state index contributed by atoms with van der Waals surface area (Å²) >= 11 is 1.81. The number of thiophene rings is 1. The second-order valence-corrected chi connectivity index (χ2v) is 36.8. The zero-order chi connectivity index (χ0) is 85.8. The minimum absolute atomic E-state index is 0.0170. The molecule has 0 atom stereocenters. The van der Waals surface area contributed by atoms with Crippen molar-refractivity contribution in [1.29, 1.82) is 0 Å². The van der Waals surface area contributed by atoms with Gasteiger partial charge in [-0.25, -0.2) is 0 Å². The van der Waals surface area contributed by atoms with E-state index >= 15 is 0 Å². The molecule has 2 aliphatic carbocycles. The summed E-state index contributed by atoms with van der Waals surface area (Å²) in [6, 6.07) is 90.3. The first-order chi connectivity index (χ1) is 58.5. The van der Waals surface area contributed by atoms with Crippen LogP contribution in [0.2, 0.25) is 0 Å². The molecule has 0 spiro atoms. The van der Waals surface area contributed by atoms with Gasteiger partial charge in [0.25, 0.3) is 0 Å². The highest BCUT2D eigenvalue weighted by atomic mass is 32.1. The summed E-state index contributed by atoms with van der Waals surface area (Å²) in [7, 11) is 10.9. The first-order valence-corrected chi connectivity index (χ1v) is 44.2. The van der Waals surface area contributed by atoms with Crippen LogP contribution in [0.3, 0.4) is 0 Å². The Bertz CT molecular complexity index is 7330. The highest BCUT2D eigenvalue weighted by molar-refractivity contribution is 7.17. The second kappa shape index (κ2) is 32.4. The van der Waals surface area contributed by atoms with Crippen molar-refractivity contribution < 1.29 is 27.3 Å². The van der Waals surface area contributed by atoms with E-state index in [1.54, 1.807) is 17.4 Å². The number of hydrogen-bond acceptors (Lipinski definition) is 2. The Morgan fingerprint density at radius 1 is 0.270 bits per heavy atom. The molecule has 7 aromatic heterocycles. The first-order valence-electron chi connectivity index (χ1n) is 43.3. The summed E-state index contributed by atoms with van der Waals surface area (Å²) in [4.78, 5) is 0. The summed E-state index contributed by atoms with van der Waals surface area (Å²) in [6.07, 6.45) is 5.54. The summed E-state index contributed by atoms with van der Waals surface area (Å²) in [6.45, 7) is 37.5. The fourth-order valence-electron chi connectivity index (χ4n) is 19.6. The maximum absolute atomic E-state index is 5.63. The van der Waals surface area contributed by atoms with Gasteiger partial charge in [-0.1, -0.05) is 169 Å². The van der Waals surface area contributed by atoms with Crippen LogP contribution in [-0.4, -0.2) is 0 Å². The normalized spacial score (nSPS) is 12.5. The number of hydrogen-bond donors (Lipinski definition) is 0. The Kier molecular flexibility index (Phi) is 21.8. The number of benzene rings is 12. The molecule has 0 bridgehead atoms. The van der Waals surface area contributed by atoms with Crippen LogP contribution in [0.25, 0.3) is 153 Å². The number of aryl methyl sites for hydroxylation is 17. The van der Waals surface area contributed by atoms with Gasteiger partial charge >= 0.3 is 0 Å². The smallest absolute Gasteiger partial charge is 0.220 e. The minimum atomic E-state index is 0.0170. The molecule has 122 heavy (non-hydrogen) atoms. The van der Waals surface area contributed by atoms with Gasteiger partial charge in [0.2, 0.25) is 28.5 Å². The van der Waals surface area contributed by atoms with E-state index in [4.69, 9.17) is 4.42 Å². The molecular weight excluding hydrogens is 1500 g/mol. The van der Waals surface area contributed by atoms with Crippen LogP contribution in [0, 0.1) is 104 Å². The molecule has 0 unspecified atom stereocenters. The van der Waals surface area contributed by atoms with Gasteiger partial charge in [-0.05, 0) is 283 Å². The van der Waals surface area contributed by atoms with E-state index in [2.05, 4.69) is 418 Å². The Morgan fingerprint density at radius 2 is 0.623 bits per heavy atom. The third-order valence-electron chi connectivity index (χ3n) is 26.8. The van der Waals surface area contributed by atoms with Crippen LogP contribution >= 0.6 is 11.3 Å². The number of rotatable bonds is 5. The summed E-state index contributed by atoms with van der Waals surface area (Å²) in [5, 5.41) is 20.4. The van der Waals surface area contributed by atoms with Crippen LogP contribution in [0.1, 0.15) is 127 Å². The third-order valence-corrected chi connectivity index (χ3v) is 27.7. The number of nitrogens with zero attached hydrogens (tertiary/aromatic N) is 5. The number of pyridine rings is 5. The quantitative estimate of drug-likeness (QED) is 0.158. The van der Waals surface area contributed by atoms with Crippen LogP contribution < -0.4 is 22.8 Å². The van der Waals surface area contributed by atoms with Crippen LogP contribution in [-0.2, 0) is 53.5 Å². The summed E-state index contributed by atoms with van der Waals surface area (Å²) in [5.41, 5.74) is 42.4. The van der Waals surface area contributed by atoms with Crippen molar-refractivity contribution in [2.45, 2.75) is 142 Å². The molecule has 2 aliphatic rings. The molecule has 19 aromatic rings. The van der Waals surface area contributed by atoms with E-state index in [0.717, 1.165) is 11.0 Å². The average Bonchev–Trinajstić information content (AvgIpc) is 1.56. The highest BCUT2D eigenvalue weighted by Gasteiger charge is 2.37. The zero-order valence-corrected chi connectivity index (χ0v) is 76.2. The van der Waals surface area contributed by atoms with Gasteiger partial charge in [0, 0.05) is 80.5 Å². The van der Waals surface area contributed by atoms with Crippen molar-refractivity contribution in [2.24, 2.45) is 35.2 Å². The van der Waals surface area contributed by atoms with Gasteiger partial charge in [-0.3, -0.25) is 0 Å². The average molecular weight is 1610 g/mol. The molecule has 0 N–H and O–H groups in total. The molecule has 0 radical (unpaired) electrons. The summed E-state index contributed by atoms with van der Waals surface area (Å²) in [5.74, 6) is 0. The van der Waals surface area contributed by atoms with Crippen molar-refractivity contribution in [3.05, 3.63) is 361 Å². The van der Waals surface area contributed by atoms with E-state index < -0.39 is 0 Å². The molecule has 0 aliphatic heterocycles. The van der Waals surface area contributed by atoms with E-state index in [1.807, 2.05) is 17.4 Å². The predicted octanol–water partition coefficient (Wildman–Crippen LogP) is 27.2. The maximum atomic E-state index is 5.63. The molecule has 6 nitrogen and oxygen atoms in total. The molecule has 606 valence electrons. The van der Waals surface area contributed by atoms with Crippen molar-refractivity contribution >= 4 is 97.0 Å². The Labute approximate surface area is 725 Å². The Morgan fingerprint density at radius 3 is 1.07 bits per heavy atom. The predicted molar refractivity (Wildman–Crippen MR) is 516 cm³/mol. The van der Waals surface area contributed by atoms with Gasteiger partial charge in [-0.2, -0.15) is 22.8 Å². The fourth-order valence-corrected chi connectivity index (χ4v) is 20.4. The number of furan rings is 1. The maximum Gasteiger partial charge on any atom is 0.220 e. The highest BCUT2D eigenvalue weighted by Crippen LogP contribution is 2.51. The molecule has 0 fully saturated rings. The van der Waals surface area contributed by atoms with Gasteiger partial charge in [0.15, 0.2) is 28.5 Å². The van der Waals surface area contributed by atoms with Gasteiger partial charge in [0.1, 0.15) is 40.8 Å². The van der Waals surface area contributed by atoms with Crippen LogP contribution in [0.15, 0.2) is 259 Å². The minimum Gasteiger partial charge on any atom is -0.464 e. The lowest BCUT2D eigenvalue weighted by atomic mass is 9.81.